The van der Waals surface area contributed by atoms with E-state index >= 15 is 0 Å². The highest BCUT2D eigenvalue weighted by atomic mass is 16.5. The highest BCUT2D eigenvalue weighted by Gasteiger charge is 2.29. The van der Waals surface area contributed by atoms with Crippen molar-refractivity contribution >= 4 is 5.91 Å². The summed E-state index contributed by atoms with van der Waals surface area (Å²) >= 11 is 0. The summed E-state index contributed by atoms with van der Waals surface area (Å²) < 4.78 is 5.35. The number of benzene rings is 1. The molecule has 2 heterocycles. The molecule has 4 heteroatoms. The van der Waals surface area contributed by atoms with Gasteiger partial charge in [0.05, 0.1) is 13.2 Å². The standard InChI is InChI=1S/C18H26N2O2/c21-18(20-10-12-22-13-11-20)14-17(15-4-2-1-3-5-15)16-6-8-19-9-7-16/h1-5,16-17,19H,6-14H2. The van der Waals surface area contributed by atoms with Crippen molar-refractivity contribution in [3.63, 3.8) is 0 Å². The van der Waals surface area contributed by atoms with E-state index in [-0.39, 0.29) is 5.91 Å². The fourth-order valence-electron chi connectivity index (χ4n) is 3.63. The third-order valence-corrected chi connectivity index (χ3v) is 4.94. The molecule has 0 spiro atoms. The van der Waals surface area contributed by atoms with Crippen molar-refractivity contribution in [2.45, 2.75) is 25.2 Å². The second-order valence-electron chi connectivity index (χ2n) is 6.30. The van der Waals surface area contributed by atoms with Gasteiger partial charge in [-0.3, -0.25) is 4.79 Å². The topological polar surface area (TPSA) is 41.6 Å². The minimum absolute atomic E-state index is 0.288. The van der Waals surface area contributed by atoms with Crippen LogP contribution >= 0.6 is 0 Å². The number of hydrogen-bond acceptors (Lipinski definition) is 3. The van der Waals surface area contributed by atoms with E-state index in [1.165, 1.54) is 5.56 Å². The molecule has 0 saturated carbocycles. The van der Waals surface area contributed by atoms with Crippen LogP contribution in [0.25, 0.3) is 0 Å². The maximum absolute atomic E-state index is 12.7. The Balaban J connectivity index is 1.71. The Morgan fingerprint density at radius 2 is 1.86 bits per heavy atom. The molecule has 3 rings (SSSR count). The van der Waals surface area contributed by atoms with Crippen LogP contribution in [-0.4, -0.2) is 50.2 Å². The van der Waals surface area contributed by atoms with Crippen molar-refractivity contribution in [2.24, 2.45) is 5.92 Å². The average molecular weight is 302 g/mol. The van der Waals surface area contributed by atoms with Crippen LogP contribution in [0.4, 0.5) is 0 Å². The largest absolute Gasteiger partial charge is 0.378 e. The fraction of sp³-hybridized carbons (Fsp3) is 0.611. The Morgan fingerprint density at radius 3 is 2.55 bits per heavy atom. The number of morpholine rings is 1. The van der Waals surface area contributed by atoms with E-state index in [4.69, 9.17) is 4.74 Å². The van der Waals surface area contributed by atoms with Crippen molar-refractivity contribution < 1.29 is 9.53 Å². The number of nitrogens with one attached hydrogen (secondary N) is 1. The lowest BCUT2D eigenvalue weighted by molar-refractivity contribution is -0.136. The van der Waals surface area contributed by atoms with E-state index in [1.807, 2.05) is 11.0 Å². The molecule has 1 aromatic carbocycles. The Hall–Kier alpha value is -1.39. The SMILES string of the molecule is O=C(CC(c1ccccc1)C1CCNCC1)N1CCOCC1. The van der Waals surface area contributed by atoms with Crippen molar-refractivity contribution in [3.05, 3.63) is 35.9 Å². The van der Waals surface area contributed by atoms with Crippen molar-refractivity contribution in [1.29, 1.82) is 0 Å². The lowest BCUT2D eigenvalue weighted by atomic mass is 9.78. The van der Waals surface area contributed by atoms with E-state index in [2.05, 4.69) is 29.6 Å². The molecule has 22 heavy (non-hydrogen) atoms. The normalized spacial score (nSPS) is 21.5. The van der Waals surface area contributed by atoms with Gasteiger partial charge in [0, 0.05) is 19.5 Å². The zero-order valence-corrected chi connectivity index (χ0v) is 13.2. The molecule has 2 saturated heterocycles. The van der Waals surface area contributed by atoms with Gasteiger partial charge in [-0.1, -0.05) is 30.3 Å². The van der Waals surface area contributed by atoms with Gasteiger partial charge in [0.1, 0.15) is 0 Å². The molecule has 0 bridgehead atoms. The number of nitrogens with zero attached hydrogens (tertiary/aromatic N) is 1. The van der Waals surface area contributed by atoms with Gasteiger partial charge in [-0.2, -0.15) is 0 Å². The second-order valence-corrected chi connectivity index (χ2v) is 6.30. The molecule has 0 radical (unpaired) electrons. The van der Waals surface area contributed by atoms with Crippen molar-refractivity contribution in [2.75, 3.05) is 39.4 Å². The number of amides is 1. The van der Waals surface area contributed by atoms with E-state index in [9.17, 15) is 4.79 Å². The number of carbonyl (C=O) groups excluding carboxylic acids is 1. The predicted octanol–water partition coefficient (Wildman–Crippen LogP) is 2.02. The van der Waals surface area contributed by atoms with Gasteiger partial charge in [-0.05, 0) is 43.3 Å². The molecule has 1 unspecified atom stereocenters. The first-order valence-electron chi connectivity index (χ1n) is 8.46. The quantitative estimate of drug-likeness (QED) is 0.925. The molecule has 2 fully saturated rings. The minimum atomic E-state index is 0.288. The summed E-state index contributed by atoms with van der Waals surface area (Å²) in [6.45, 7) is 4.98. The Morgan fingerprint density at radius 1 is 1.18 bits per heavy atom. The first-order valence-corrected chi connectivity index (χ1v) is 8.46. The van der Waals surface area contributed by atoms with E-state index < -0.39 is 0 Å². The summed E-state index contributed by atoms with van der Waals surface area (Å²) in [7, 11) is 0. The van der Waals surface area contributed by atoms with E-state index in [0.29, 0.717) is 31.5 Å². The molecule has 1 atom stereocenters. The van der Waals surface area contributed by atoms with Crippen LogP contribution in [0.2, 0.25) is 0 Å². The number of ether oxygens (including phenoxy) is 1. The molecule has 1 aromatic rings. The van der Waals surface area contributed by atoms with Gasteiger partial charge < -0.3 is 15.0 Å². The van der Waals surface area contributed by atoms with Gasteiger partial charge >= 0.3 is 0 Å². The lowest BCUT2D eigenvalue weighted by Gasteiger charge is -2.33. The molecule has 2 aliphatic heterocycles. The van der Waals surface area contributed by atoms with Gasteiger partial charge in [-0.15, -0.1) is 0 Å². The molecular weight excluding hydrogens is 276 g/mol. The van der Waals surface area contributed by atoms with Gasteiger partial charge in [0.2, 0.25) is 5.91 Å². The predicted molar refractivity (Wildman–Crippen MR) is 86.8 cm³/mol. The van der Waals surface area contributed by atoms with Crippen LogP contribution in [0.3, 0.4) is 0 Å². The third-order valence-electron chi connectivity index (χ3n) is 4.94. The highest BCUT2D eigenvalue weighted by Crippen LogP contribution is 2.34. The number of rotatable bonds is 4. The van der Waals surface area contributed by atoms with Crippen LogP contribution in [0.5, 0.6) is 0 Å². The van der Waals surface area contributed by atoms with Gasteiger partial charge in [0.15, 0.2) is 0 Å². The molecule has 2 aliphatic rings. The first-order chi connectivity index (χ1) is 10.8. The summed E-state index contributed by atoms with van der Waals surface area (Å²) in [5.74, 6) is 1.24. The molecule has 4 nitrogen and oxygen atoms in total. The molecule has 0 aliphatic carbocycles. The van der Waals surface area contributed by atoms with E-state index in [0.717, 1.165) is 39.0 Å². The maximum Gasteiger partial charge on any atom is 0.223 e. The number of piperidine rings is 1. The fourth-order valence-corrected chi connectivity index (χ4v) is 3.63. The molecular formula is C18H26N2O2. The molecule has 1 N–H and O–H groups in total. The van der Waals surface area contributed by atoms with Crippen LogP contribution in [0.1, 0.15) is 30.7 Å². The van der Waals surface area contributed by atoms with Gasteiger partial charge in [0.25, 0.3) is 0 Å². The Kier molecular flexibility index (Phi) is 5.46. The van der Waals surface area contributed by atoms with Crippen LogP contribution in [0.15, 0.2) is 30.3 Å². The maximum atomic E-state index is 12.7. The smallest absolute Gasteiger partial charge is 0.223 e. The Bertz CT molecular complexity index is 465. The van der Waals surface area contributed by atoms with Crippen molar-refractivity contribution in [1.82, 2.24) is 10.2 Å². The summed E-state index contributed by atoms with van der Waals surface area (Å²) in [6, 6.07) is 10.6. The third kappa shape index (κ3) is 3.87. The second kappa shape index (κ2) is 7.75. The van der Waals surface area contributed by atoms with Gasteiger partial charge in [-0.25, -0.2) is 0 Å². The molecule has 0 aromatic heterocycles. The van der Waals surface area contributed by atoms with Crippen LogP contribution in [0, 0.1) is 5.92 Å². The molecule has 120 valence electrons. The zero-order chi connectivity index (χ0) is 15.2. The molecule has 1 amide bonds. The van der Waals surface area contributed by atoms with Crippen molar-refractivity contribution in [3.8, 4) is 0 Å². The number of hydrogen-bond donors (Lipinski definition) is 1. The van der Waals surface area contributed by atoms with Crippen LogP contribution in [-0.2, 0) is 9.53 Å². The number of carbonyl (C=O) groups is 1. The zero-order valence-electron chi connectivity index (χ0n) is 13.2. The summed E-state index contributed by atoms with van der Waals surface area (Å²) in [5.41, 5.74) is 1.32. The minimum Gasteiger partial charge on any atom is -0.378 e. The summed E-state index contributed by atoms with van der Waals surface area (Å²) in [4.78, 5) is 14.7. The summed E-state index contributed by atoms with van der Waals surface area (Å²) in [6.07, 6.45) is 2.96. The van der Waals surface area contributed by atoms with Crippen LogP contribution < -0.4 is 5.32 Å². The monoisotopic (exact) mass is 302 g/mol. The van der Waals surface area contributed by atoms with E-state index in [1.54, 1.807) is 0 Å². The average Bonchev–Trinajstić information content (AvgIpc) is 2.62. The lowest BCUT2D eigenvalue weighted by Crippen LogP contribution is -2.42. The summed E-state index contributed by atoms with van der Waals surface area (Å²) in [5, 5.41) is 3.43. The first kappa shape index (κ1) is 15.5. The Labute approximate surface area is 132 Å². The highest BCUT2D eigenvalue weighted by molar-refractivity contribution is 5.77.